The molecule has 1 aliphatic heterocycles. The van der Waals surface area contributed by atoms with Gasteiger partial charge >= 0.3 is 5.97 Å². The van der Waals surface area contributed by atoms with Crippen LogP contribution in [0.15, 0.2) is 0 Å². The molecule has 2 rings (SSSR count). The number of carboxylic acid groups (broad SMARTS) is 1. The van der Waals surface area contributed by atoms with E-state index in [-0.39, 0.29) is 24.0 Å². The van der Waals surface area contributed by atoms with E-state index in [9.17, 15) is 14.7 Å². The van der Waals surface area contributed by atoms with Crippen LogP contribution >= 0.6 is 0 Å². The lowest BCUT2D eigenvalue weighted by molar-refractivity contribution is -0.159. The van der Waals surface area contributed by atoms with E-state index in [1.54, 1.807) is 0 Å². The van der Waals surface area contributed by atoms with Crippen molar-refractivity contribution < 1.29 is 19.4 Å². The van der Waals surface area contributed by atoms with E-state index in [1.165, 1.54) is 0 Å². The molecular formula is C15H25NO4. The van der Waals surface area contributed by atoms with Gasteiger partial charge in [0.1, 0.15) is 0 Å². The van der Waals surface area contributed by atoms with Crippen LogP contribution in [-0.2, 0) is 14.3 Å². The number of aliphatic carboxylic acids is 1. The third-order valence-corrected chi connectivity index (χ3v) is 4.62. The minimum absolute atomic E-state index is 0.0269. The lowest BCUT2D eigenvalue weighted by Gasteiger charge is -2.41. The summed E-state index contributed by atoms with van der Waals surface area (Å²) in [5.74, 6) is -1.65. The van der Waals surface area contributed by atoms with E-state index in [0.717, 1.165) is 19.3 Å². The number of amides is 1. The molecule has 2 fully saturated rings. The summed E-state index contributed by atoms with van der Waals surface area (Å²) < 4.78 is 5.61. The largest absolute Gasteiger partial charge is 0.481 e. The van der Waals surface area contributed by atoms with Gasteiger partial charge in [-0.3, -0.25) is 9.59 Å². The zero-order chi connectivity index (χ0) is 14.7. The average Bonchev–Trinajstić information content (AvgIpc) is 2.46. The molecule has 114 valence electrons. The number of rotatable bonds is 3. The van der Waals surface area contributed by atoms with Crippen molar-refractivity contribution in [3.8, 4) is 0 Å². The van der Waals surface area contributed by atoms with Gasteiger partial charge in [-0.2, -0.15) is 0 Å². The number of ether oxygens (including phenoxy) is 1. The van der Waals surface area contributed by atoms with Gasteiger partial charge in [0, 0.05) is 6.54 Å². The molecule has 5 nitrogen and oxygen atoms in total. The van der Waals surface area contributed by atoms with Gasteiger partial charge in [-0.15, -0.1) is 0 Å². The summed E-state index contributed by atoms with van der Waals surface area (Å²) in [5, 5.41) is 9.34. The van der Waals surface area contributed by atoms with Gasteiger partial charge < -0.3 is 14.7 Å². The first-order valence-corrected chi connectivity index (χ1v) is 7.69. The van der Waals surface area contributed by atoms with Crippen molar-refractivity contribution in [1.29, 1.82) is 0 Å². The number of carboxylic acids is 1. The van der Waals surface area contributed by atoms with E-state index in [0.29, 0.717) is 26.0 Å². The lowest BCUT2D eigenvalue weighted by atomic mass is 9.78. The summed E-state index contributed by atoms with van der Waals surface area (Å²) >= 11 is 0. The van der Waals surface area contributed by atoms with Gasteiger partial charge in [-0.25, -0.2) is 0 Å². The predicted octanol–water partition coefficient (Wildman–Crippen LogP) is 1.90. The van der Waals surface area contributed by atoms with Gasteiger partial charge in [0.25, 0.3) is 0 Å². The SMILES string of the molecule is CCC1COC(C)CN1C(=O)[C@@H]1CCCC[C@@H]1C(=O)O. The van der Waals surface area contributed by atoms with Crippen LogP contribution in [0, 0.1) is 11.8 Å². The Morgan fingerprint density at radius 2 is 1.90 bits per heavy atom. The second kappa shape index (κ2) is 6.57. The normalized spacial score (nSPS) is 34.8. The molecule has 5 heteroatoms. The van der Waals surface area contributed by atoms with E-state index < -0.39 is 11.9 Å². The molecule has 0 radical (unpaired) electrons. The molecule has 0 aromatic rings. The van der Waals surface area contributed by atoms with Crippen LogP contribution in [0.3, 0.4) is 0 Å². The fourth-order valence-electron chi connectivity index (χ4n) is 3.39. The maximum atomic E-state index is 12.8. The average molecular weight is 283 g/mol. The summed E-state index contributed by atoms with van der Waals surface area (Å²) in [4.78, 5) is 26.0. The highest BCUT2D eigenvalue weighted by Crippen LogP contribution is 2.33. The Bertz CT molecular complexity index is 371. The lowest BCUT2D eigenvalue weighted by Crippen LogP contribution is -2.54. The van der Waals surface area contributed by atoms with Gasteiger partial charge in [-0.1, -0.05) is 19.8 Å². The van der Waals surface area contributed by atoms with Crippen LogP contribution in [0.25, 0.3) is 0 Å². The van der Waals surface area contributed by atoms with E-state index in [4.69, 9.17) is 4.74 Å². The molecule has 1 saturated carbocycles. The Hall–Kier alpha value is -1.10. The fourth-order valence-corrected chi connectivity index (χ4v) is 3.39. The highest BCUT2D eigenvalue weighted by Gasteiger charge is 2.40. The monoisotopic (exact) mass is 283 g/mol. The second-order valence-corrected chi connectivity index (χ2v) is 6.03. The summed E-state index contributed by atoms with van der Waals surface area (Å²) in [5.41, 5.74) is 0. The highest BCUT2D eigenvalue weighted by atomic mass is 16.5. The second-order valence-electron chi connectivity index (χ2n) is 6.03. The Morgan fingerprint density at radius 3 is 2.50 bits per heavy atom. The number of carbonyl (C=O) groups excluding carboxylic acids is 1. The van der Waals surface area contributed by atoms with E-state index in [2.05, 4.69) is 0 Å². The summed E-state index contributed by atoms with van der Waals surface area (Å²) in [7, 11) is 0. The van der Waals surface area contributed by atoms with Crippen molar-refractivity contribution in [2.24, 2.45) is 11.8 Å². The number of hydrogen-bond acceptors (Lipinski definition) is 3. The van der Waals surface area contributed by atoms with Gasteiger partial charge in [0.2, 0.25) is 5.91 Å². The fraction of sp³-hybridized carbons (Fsp3) is 0.867. The first-order valence-electron chi connectivity index (χ1n) is 7.69. The topological polar surface area (TPSA) is 66.8 Å². The Kier molecular flexibility index (Phi) is 5.02. The number of carbonyl (C=O) groups is 2. The van der Waals surface area contributed by atoms with Crippen LogP contribution in [-0.4, -0.2) is 47.2 Å². The van der Waals surface area contributed by atoms with Gasteiger partial charge in [-0.05, 0) is 26.2 Å². The highest BCUT2D eigenvalue weighted by molar-refractivity contribution is 5.85. The Balaban J connectivity index is 2.12. The maximum Gasteiger partial charge on any atom is 0.307 e. The molecule has 1 N–H and O–H groups in total. The van der Waals surface area contributed by atoms with Crippen molar-refractivity contribution in [1.82, 2.24) is 4.90 Å². The van der Waals surface area contributed by atoms with Crippen molar-refractivity contribution in [3.05, 3.63) is 0 Å². The quantitative estimate of drug-likeness (QED) is 0.859. The van der Waals surface area contributed by atoms with Crippen LogP contribution in [0.2, 0.25) is 0 Å². The molecule has 0 aromatic carbocycles. The van der Waals surface area contributed by atoms with E-state index in [1.807, 2.05) is 18.7 Å². The van der Waals surface area contributed by atoms with Crippen LogP contribution in [0.5, 0.6) is 0 Å². The summed E-state index contributed by atoms with van der Waals surface area (Å²) in [6.07, 6.45) is 4.09. The van der Waals surface area contributed by atoms with Gasteiger partial charge in [0.15, 0.2) is 0 Å². The van der Waals surface area contributed by atoms with E-state index >= 15 is 0 Å². The molecule has 1 amide bonds. The molecule has 0 aromatic heterocycles. The summed E-state index contributed by atoms with van der Waals surface area (Å²) in [6, 6.07) is 0.0927. The molecule has 1 heterocycles. The first-order chi connectivity index (χ1) is 9.54. The van der Waals surface area contributed by atoms with Crippen molar-refractivity contribution in [3.63, 3.8) is 0 Å². The molecule has 1 aliphatic carbocycles. The standard InChI is InChI=1S/C15H25NO4/c1-3-11-9-20-10(2)8-16(11)14(17)12-6-4-5-7-13(12)15(18)19/h10-13H,3-9H2,1-2H3,(H,18,19)/t10?,11?,12-,13+/m1/s1. The molecule has 1 saturated heterocycles. The van der Waals surface area contributed by atoms with Gasteiger partial charge in [0.05, 0.1) is 30.6 Å². The third-order valence-electron chi connectivity index (χ3n) is 4.62. The predicted molar refractivity (Wildman–Crippen MR) is 74.3 cm³/mol. The van der Waals surface area contributed by atoms with Crippen LogP contribution in [0.1, 0.15) is 46.0 Å². The van der Waals surface area contributed by atoms with Crippen LogP contribution in [0.4, 0.5) is 0 Å². The smallest absolute Gasteiger partial charge is 0.307 e. The molecule has 0 bridgehead atoms. The molecule has 20 heavy (non-hydrogen) atoms. The Labute approximate surface area is 120 Å². The zero-order valence-corrected chi connectivity index (χ0v) is 12.4. The molecule has 0 spiro atoms. The first kappa shape index (κ1) is 15.3. The molecule has 4 atom stereocenters. The van der Waals surface area contributed by atoms with Crippen LogP contribution < -0.4 is 0 Å². The maximum absolute atomic E-state index is 12.8. The van der Waals surface area contributed by atoms with Crippen molar-refractivity contribution in [2.45, 2.75) is 58.1 Å². The Morgan fingerprint density at radius 1 is 1.25 bits per heavy atom. The van der Waals surface area contributed by atoms with Crippen molar-refractivity contribution >= 4 is 11.9 Å². The zero-order valence-electron chi connectivity index (χ0n) is 12.4. The molecular weight excluding hydrogens is 258 g/mol. The minimum Gasteiger partial charge on any atom is -0.481 e. The minimum atomic E-state index is -0.822. The molecule has 2 aliphatic rings. The van der Waals surface area contributed by atoms with Crippen molar-refractivity contribution in [2.75, 3.05) is 13.2 Å². The third kappa shape index (κ3) is 3.14. The number of morpholine rings is 1. The number of nitrogens with zero attached hydrogens (tertiary/aromatic N) is 1. The summed E-state index contributed by atoms with van der Waals surface area (Å²) in [6.45, 7) is 5.15. The molecule has 2 unspecified atom stereocenters. The number of hydrogen-bond donors (Lipinski definition) is 1.